The first kappa shape index (κ1) is 15.3. The minimum atomic E-state index is -0.726. The van der Waals surface area contributed by atoms with Gasteiger partial charge in [-0.25, -0.2) is 0 Å². The van der Waals surface area contributed by atoms with Gasteiger partial charge in [0.25, 0.3) is 0 Å². The second-order valence-corrected chi connectivity index (χ2v) is 7.86. The molecule has 2 aliphatic rings. The Hall–Kier alpha value is -2.23. The first-order chi connectivity index (χ1) is 11.3. The number of Topliss-reactive ketones (excluding diaryl/α,β-unsaturated/α-hetero) is 1. The van der Waals surface area contributed by atoms with Crippen LogP contribution < -0.4 is 4.74 Å². The average Bonchev–Trinajstić information content (AvgIpc) is 2.85. The second kappa shape index (κ2) is 4.65. The Balaban J connectivity index is 1.74. The Bertz CT molecular complexity index is 867. The molecule has 124 valence electrons. The van der Waals surface area contributed by atoms with E-state index in [0.717, 1.165) is 11.8 Å². The van der Waals surface area contributed by atoms with E-state index in [-0.39, 0.29) is 18.2 Å². The first-order valence-corrected chi connectivity index (χ1v) is 8.41. The maximum absolute atomic E-state index is 13.1. The molecule has 1 aromatic heterocycles. The molecule has 2 saturated carbocycles. The van der Waals surface area contributed by atoms with Gasteiger partial charge in [0.15, 0.2) is 5.75 Å². The molecule has 0 spiro atoms. The average molecular weight is 323 g/mol. The van der Waals surface area contributed by atoms with E-state index < -0.39 is 16.2 Å². The van der Waals surface area contributed by atoms with Crippen molar-refractivity contribution < 1.29 is 14.3 Å². The molecule has 0 radical (unpaired) electrons. The van der Waals surface area contributed by atoms with E-state index in [1.54, 1.807) is 12.3 Å². The van der Waals surface area contributed by atoms with Crippen LogP contribution in [0, 0.1) is 16.2 Å². The number of aromatic nitrogens is 1. The van der Waals surface area contributed by atoms with Crippen LogP contribution in [-0.4, -0.2) is 16.7 Å². The van der Waals surface area contributed by atoms with E-state index in [0.29, 0.717) is 17.7 Å². The lowest BCUT2D eigenvalue weighted by Crippen LogP contribution is -2.42. The van der Waals surface area contributed by atoms with Crippen LogP contribution >= 0.6 is 0 Å². The number of rotatable bonds is 2. The van der Waals surface area contributed by atoms with Gasteiger partial charge in [0, 0.05) is 23.4 Å². The van der Waals surface area contributed by atoms with Gasteiger partial charge in [0.1, 0.15) is 11.3 Å². The second-order valence-electron chi connectivity index (χ2n) is 7.86. The molecule has 0 N–H and O–H groups in total. The maximum atomic E-state index is 13.1. The monoisotopic (exact) mass is 323 g/mol. The Morgan fingerprint density at radius 3 is 2.54 bits per heavy atom. The lowest BCUT2D eigenvalue weighted by molar-refractivity contribution is -0.151. The molecular weight excluding hydrogens is 302 g/mol. The van der Waals surface area contributed by atoms with Gasteiger partial charge in [-0.15, -0.1) is 0 Å². The topological polar surface area (TPSA) is 56.3 Å². The highest BCUT2D eigenvalue weighted by Gasteiger charge is 2.73. The molecule has 0 aliphatic heterocycles. The van der Waals surface area contributed by atoms with Crippen molar-refractivity contribution in [1.29, 1.82) is 0 Å². The minimum absolute atomic E-state index is 0.187. The number of benzene rings is 1. The number of fused-ring (bicyclic) bond motifs is 3. The number of esters is 1. The summed E-state index contributed by atoms with van der Waals surface area (Å²) < 4.78 is 5.81. The van der Waals surface area contributed by atoms with Gasteiger partial charge in [-0.1, -0.05) is 39.0 Å². The van der Waals surface area contributed by atoms with Gasteiger partial charge < -0.3 is 4.74 Å². The number of hydrogen-bond donors (Lipinski definition) is 0. The Kier molecular flexibility index (Phi) is 2.97. The summed E-state index contributed by atoms with van der Waals surface area (Å²) in [7, 11) is 0. The molecule has 2 bridgehead atoms. The standard InChI is InChI=1S/C20H21NO3/c1-18(2)19(3)9-10-20(18,12-15(19)22)17(23)24-14-8-4-6-13-7-5-11-21-16(13)14/h4-8,11H,9-10,12H2,1-3H3/t19-,20+/m1/s1. The van der Waals surface area contributed by atoms with Crippen molar-refractivity contribution in [1.82, 2.24) is 4.98 Å². The third-order valence-corrected chi connectivity index (χ3v) is 6.89. The SMILES string of the molecule is CC1(C)[C@@]2(C(=O)Oc3cccc4cccnc34)CC[C@]1(C)C(=O)C2. The number of nitrogens with zero attached hydrogens (tertiary/aromatic N) is 1. The predicted octanol–water partition coefficient (Wildman–Crippen LogP) is 3.93. The predicted molar refractivity (Wildman–Crippen MR) is 90.6 cm³/mol. The molecule has 4 heteroatoms. The van der Waals surface area contributed by atoms with Crippen molar-refractivity contribution in [3.8, 4) is 5.75 Å². The number of carbonyl (C=O) groups is 2. The van der Waals surface area contributed by atoms with Gasteiger partial charge in [0.2, 0.25) is 0 Å². The molecule has 2 aliphatic carbocycles. The van der Waals surface area contributed by atoms with Crippen LogP contribution in [0.1, 0.15) is 40.0 Å². The first-order valence-electron chi connectivity index (χ1n) is 8.41. The van der Waals surface area contributed by atoms with E-state index in [9.17, 15) is 9.59 Å². The molecule has 0 amide bonds. The van der Waals surface area contributed by atoms with Crippen molar-refractivity contribution in [3.63, 3.8) is 0 Å². The molecule has 2 fully saturated rings. The largest absolute Gasteiger partial charge is 0.424 e. The molecule has 1 heterocycles. The van der Waals surface area contributed by atoms with Crippen molar-refractivity contribution in [2.24, 2.45) is 16.2 Å². The summed E-state index contributed by atoms with van der Waals surface area (Å²) in [5.41, 5.74) is -0.877. The van der Waals surface area contributed by atoms with E-state index >= 15 is 0 Å². The van der Waals surface area contributed by atoms with E-state index in [4.69, 9.17) is 4.74 Å². The third-order valence-electron chi connectivity index (χ3n) is 6.89. The van der Waals surface area contributed by atoms with E-state index in [1.165, 1.54) is 0 Å². The Morgan fingerprint density at radius 1 is 1.12 bits per heavy atom. The Labute approximate surface area is 141 Å². The number of pyridine rings is 1. The molecule has 2 atom stereocenters. The summed E-state index contributed by atoms with van der Waals surface area (Å²) in [6, 6.07) is 9.35. The molecule has 0 unspecified atom stereocenters. The Morgan fingerprint density at radius 2 is 1.88 bits per heavy atom. The normalized spacial score (nSPS) is 30.7. The maximum Gasteiger partial charge on any atom is 0.318 e. The van der Waals surface area contributed by atoms with Crippen LogP contribution in [0.2, 0.25) is 0 Å². The van der Waals surface area contributed by atoms with Gasteiger partial charge in [-0.3, -0.25) is 14.6 Å². The van der Waals surface area contributed by atoms with Crippen LogP contribution in [-0.2, 0) is 9.59 Å². The fourth-order valence-corrected chi connectivity index (χ4v) is 4.67. The number of para-hydroxylation sites is 1. The molecule has 24 heavy (non-hydrogen) atoms. The lowest BCUT2D eigenvalue weighted by atomic mass is 9.65. The van der Waals surface area contributed by atoms with Crippen LogP contribution in [0.3, 0.4) is 0 Å². The van der Waals surface area contributed by atoms with E-state index in [2.05, 4.69) is 4.98 Å². The van der Waals surface area contributed by atoms with Crippen molar-refractivity contribution in [2.45, 2.75) is 40.0 Å². The van der Waals surface area contributed by atoms with Crippen LogP contribution in [0.5, 0.6) is 5.75 Å². The van der Waals surface area contributed by atoms with Crippen molar-refractivity contribution >= 4 is 22.7 Å². The molecule has 0 saturated heterocycles. The summed E-state index contributed by atoms with van der Waals surface area (Å²) in [5, 5.41) is 0.929. The van der Waals surface area contributed by atoms with E-state index in [1.807, 2.05) is 45.0 Å². The van der Waals surface area contributed by atoms with Gasteiger partial charge in [-0.2, -0.15) is 0 Å². The highest BCUT2D eigenvalue weighted by Crippen LogP contribution is 2.70. The molecular formula is C20H21NO3. The summed E-state index contributed by atoms with van der Waals surface area (Å²) >= 11 is 0. The fraction of sp³-hybridized carbons (Fsp3) is 0.450. The molecule has 2 aromatic rings. The third kappa shape index (κ3) is 1.66. The highest BCUT2D eigenvalue weighted by molar-refractivity contribution is 5.99. The minimum Gasteiger partial charge on any atom is -0.424 e. The van der Waals surface area contributed by atoms with Crippen molar-refractivity contribution in [2.75, 3.05) is 0 Å². The van der Waals surface area contributed by atoms with Crippen molar-refractivity contribution in [3.05, 3.63) is 36.5 Å². The summed E-state index contributed by atoms with van der Waals surface area (Å²) in [6.45, 7) is 6.07. The number of ketones is 1. The highest BCUT2D eigenvalue weighted by atomic mass is 16.5. The summed E-state index contributed by atoms with van der Waals surface area (Å²) in [5.74, 6) is 0.364. The van der Waals surface area contributed by atoms with Crippen LogP contribution in [0.15, 0.2) is 36.5 Å². The number of carbonyl (C=O) groups excluding carboxylic acids is 2. The smallest absolute Gasteiger partial charge is 0.318 e. The number of ether oxygens (including phenoxy) is 1. The summed E-state index contributed by atoms with van der Waals surface area (Å²) in [4.78, 5) is 30.0. The molecule has 4 rings (SSSR count). The molecule has 4 nitrogen and oxygen atoms in total. The fourth-order valence-electron chi connectivity index (χ4n) is 4.67. The zero-order chi connectivity index (χ0) is 17.2. The zero-order valence-electron chi connectivity index (χ0n) is 14.3. The van der Waals surface area contributed by atoms with Gasteiger partial charge in [-0.05, 0) is 30.4 Å². The molecule has 1 aromatic carbocycles. The van der Waals surface area contributed by atoms with Gasteiger partial charge >= 0.3 is 5.97 Å². The summed E-state index contributed by atoms with van der Waals surface area (Å²) in [6.07, 6.45) is 3.43. The van der Waals surface area contributed by atoms with Gasteiger partial charge in [0.05, 0.1) is 5.41 Å². The van der Waals surface area contributed by atoms with Crippen LogP contribution in [0.4, 0.5) is 0 Å². The quantitative estimate of drug-likeness (QED) is 0.621. The zero-order valence-corrected chi connectivity index (χ0v) is 14.3. The van der Waals surface area contributed by atoms with Crippen LogP contribution in [0.25, 0.3) is 10.9 Å². The lowest BCUT2D eigenvalue weighted by Gasteiger charge is -2.37. The number of hydrogen-bond acceptors (Lipinski definition) is 4.